The highest BCUT2D eigenvalue weighted by molar-refractivity contribution is 6.00. The van der Waals surface area contributed by atoms with Crippen molar-refractivity contribution in [1.29, 1.82) is 0 Å². The number of nitrogens with one attached hydrogen (secondary N) is 1. The molecular formula is C25H29N5O2. The Hall–Kier alpha value is -3.35. The molecule has 2 aromatic heterocycles. The average molecular weight is 432 g/mol. The van der Waals surface area contributed by atoms with Crippen LogP contribution in [0.1, 0.15) is 53.9 Å². The molecule has 1 N–H and O–H groups in total. The van der Waals surface area contributed by atoms with Crippen LogP contribution in [0, 0.1) is 0 Å². The number of piperidine rings is 2. The van der Waals surface area contributed by atoms with Crippen LogP contribution in [-0.4, -0.2) is 57.5 Å². The number of aromatic nitrogens is 2. The number of rotatable bonds is 3. The normalized spacial score (nSPS) is 17.5. The molecule has 0 aliphatic carbocycles. The van der Waals surface area contributed by atoms with Crippen molar-refractivity contribution in [2.75, 3.05) is 31.5 Å². The van der Waals surface area contributed by atoms with Gasteiger partial charge in [-0.15, -0.1) is 0 Å². The second-order valence-corrected chi connectivity index (χ2v) is 8.76. The first-order valence-electron chi connectivity index (χ1n) is 11.6. The van der Waals surface area contributed by atoms with E-state index in [-0.39, 0.29) is 11.9 Å². The number of carbonyl (C=O) groups excluding carboxylic acids is 2. The predicted octanol–water partition coefficient (Wildman–Crippen LogP) is 4.37. The summed E-state index contributed by atoms with van der Waals surface area (Å²) in [6.07, 6.45) is 8.81. The number of hydrogen-bond donors (Lipinski definition) is 1. The van der Waals surface area contributed by atoms with E-state index >= 15 is 0 Å². The highest BCUT2D eigenvalue weighted by Gasteiger charge is 2.26. The van der Waals surface area contributed by atoms with Crippen molar-refractivity contribution in [1.82, 2.24) is 19.4 Å². The second-order valence-electron chi connectivity index (χ2n) is 8.76. The van der Waals surface area contributed by atoms with Gasteiger partial charge in [-0.2, -0.15) is 5.10 Å². The van der Waals surface area contributed by atoms with Crippen LogP contribution >= 0.6 is 0 Å². The number of anilines is 1. The highest BCUT2D eigenvalue weighted by Crippen LogP contribution is 2.30. The van der Waals surface area contributed by atoms with E-state index in [0.717, 1.165) is 50.0 Å². The minimum atomic E-state index is -0.0460. The van der Waals surface area contributed by atoms with Crippen molar-refractivity contribution in [3.63, 3.8) is 0 Å². The fourth-order valence-corrected chi connectivity index (χ4v) is 4.82. The van der Waals surface area contributed by atoms with Gasteiger partial charge in [0.2, 0.25) is 0 Å². The van der Waals surface area contributed by atoms with Gasteiger partial charge in [-0.3, -0.25) is 4.79 Å². The minimum absolute atomic E-state index is 0.0460. The summed E-state index contributed by atoms with van der Waals surface area (Å²) in [5.41, 5.74) is 3.60. The fraction of sp³-hybridized carbons (Fsp3) is 0.400. The second kappa shape index (κ2) is 9.02. The Balaban J connectivity index is 1.26. The van der Waals surface area contributed by atoms with Crippen LogP contribution < -0.4 is 5.32 Å². The zero-order chi connectivity index (χ0) is 21.9. The third-order valence-electron chi connectivity index (χ3n) is 6.70. The van der Waals surface area contributed by atoms with Gasteiger partial charge in [0.1, 0.15) is 0 Å². The Morgan fingerprint density at radius 1 is 0.906 bits per heavy atom. The molecule has 7 nitrogen and oxygen atoms in total. The Bertz CT molecular complexity index is 1100. The van der Waals surface area contributed by atoms with Crippen LogP contribution in [-0.2, 0) is 0 Å². The average Bonchev–Trinajstić information content (AvgIpc) is 3.28. The summed E-state index contributed by atoms with van der Waals surface area (Å²) in [5, 5.41) is 7.38. The third-order valence-corrected chi connectivity index (χ3v) is 6.70. The summed E-state index contributed by atoms with van der Waals surface area (Å²) in [5.74, 6) is 0.456. The van der Waals surface area contributed by atoms with Crippen LogP contribution in [0.4, 0.5) is 10.5 Å². The maximum Gasteiger partial charge on any atom is 0.321 e. The van der Waals surface area contributed by atoms with E-state index in [1.165, 1.54) is 12.0 Å². The molecule has 4 heterocycles. The van der Waals surface area contributed by atoms with E-state index in [1.807, 2.05) is 46.3 Å². The highest BCUT2D eigenvalue weighted by atomic mass is 16.2. The van der Waals surface area contributed by atoms with E-state index in [2.05, 4.69) is 22.5 Å². The summed E-state index contributed by atoms with van der Waals surface area (Å²) < 4.78 is 1.79. The van der Waals surface area contributed by atoms with Crippen LogP contribution in [0.2, 0.25) is 0 Å². The molecule has 2 fully saturated rings. The van der Waals surface area contributed by atoms with Crippen LogP contribution in [0.3, 0.4) is 0 Å². The van der Waals surface area contributed by atoms with E-state index in [9.17, 15) is 9.59 Å². The molecule has 5 rings (SSSR count). The summed E-state index contributed by atoms with van der Waals surface area (Å²) in [7, 11) is 0. The molecule has 7 heteroatoms. The van der Waals surface area contributed by atoms with Gasteiger partial charge in [-0.25, -0.2) is 9.31 Å². The number of fused-ring (bicyclic) bond motifs is 1. The molecule has 3 aromatic rings. The fourth-order valence-electron chi connectivity index (χ4n) is 4.82. The van der Waals surface area contributed by atoms with E-state index in [4.69, 9.17) is 0 Å². The molecule has 0 bridgehead atoms. The molecule has 0 radical (unpaired) electrons. The molecule has 0 spiro atoms. The van der Waals surface area contributed by atoms with Gasteiger partial charge in [-0.05, 0) is 67.9 Å². The van der Waals surface area contributed by atoms with Crippen LogP contribution in [0.25, 0.3) is 5.52 Å². The lowest BCUT2D eigenvalue weighted by Gasteiger charge is -2.32. The molecular weight excluding hydrogens is 402 g/mol. The van der Waals surface area contributed by atoms with Gasteiger partial charge in [-0.1, -0.05) is 18.2 Å². The quantitative estimate of drug-likeness (QED) is 0.669. The lowest BCUT2D eigenvalue weighted by Crippen LogP contribution is -2.40. The lowest BCUT2D eigenvalue weighted by molar-refractivity contribution is 0.0726. The summed E-state index contributed by atoms with van der Waals surface area (Å²) in [4.78, 5) is 29.5. The molecule has 32 heavy (non-hydrogen) atoms. The molecule has 2 aliphatic heterocycles. The minimum Gasteiger partial charge on any atom is -0.339 e. The zero-order valence-corrected chi connectivity index (χ0v) is 18.2. The van der Waals surface area contributed by atoms with E-state index < -0.39 is 0 Å². The van der Waals surface area contributed by atoms with E-state index in [0.29, 0.717) is 24.6 Å². The number of pyridine rings is 1. The van der Waals surface area contributed by atoms with Crippen molar-refractivity contribution in [2.24, 2.45) is 0 Å². The van der Waals surface area contributed by atoms with Gasteiger partial charge >= 0.3 is 6.03 Å². The lowest BCUT2D eigenvalue weighted by atomic mass is 9.89. The summed E-state index contributed by atoms with van der Waals surface area (Å²) in [6, 6.07) is 13.7. The monoisotopic (exact) mass is 431 g/mol. The number of nitrogens with zero attached hydrogens (tertiary/aromatic N) is 4. The topological polar surface area (TPSA) is 70.0 Å². The first-order chi connectivity index (χ1) is 15.7. The van der Waals surface area contributed by atoms with Gasteiger partial charge in [0.15, 0.2) is 0 Å². The molecule has 1 aromatic carbocycles. The first-order valence-corrected chi connectivity index (χ1v) is 11.6. The van der Waals surface area contributed by atoms with E-state index in [1.54, 1.807) is 10.7 Å². The van der Waals surface area contributed by atoms with Crippen LogP contribution in [0.5, 0.6) is 0 Å². The number of likely N-dealkylation sites (tertiary alicyclic amines) is 2. The standard InChI is InChI=1S/C25H29N5O2/c31-24(28-12-5-2-6-13-28)22-18-26-30-16-11-20(17-23(22)30)19-9-14-29(15-10-19)25(32)27-21-7-3-1-4-8-21/h1,3-4,7-8,11,16-19H,2,5-6,9-10,12-15H2,(H,27,32). The first kappa shape index (κ1) is 20.5. The van der Waals surface area contributed by atoms with Gasteiger partial charge < -0.3 is 15.1 Å². The smallest absolute Gasteiger partial charge is 0.321 e. The Morgan fingerprint density at radius 2 is 1.66 bits per heavy atom. The Morgan fingerprint density at radius 3 is 2.41 bits per heavy atom. The van der Waals surface area contributed by atoms with Gasteiger partial charge in [0.25, 0.3) is 5.91 Å². The van der Waals surface area contributed by atoms with Crippen molar-refractivity contribution in [2.45, 2.75) is 38.0 Å². The number of hydrogen-bond acceptors (Lipinski definition) is 3. The maximum atomic E-state index is 13.1. The largest absolute Gasteiger partial charge is 0.339 e. The molecule has 166 valence electrons. The van der Waals surface area contributed by atoms with Crippen LogP contribution in [0.15, 0.2) is 54.9 Å². The Labute approximate surface area is 188 Å². The maximum absolute atomic E-state index is 13.1. The molecule has 3 amide bonds. The molecule has 0 unspecified atom stereocenters. The van der Waals surface area contributed by atoms with Gasteiger partial charge in [0.05, 0.1) is 17.3 Å². The molecule has 2 aliphatic rings. The molecule has 0 saturated carbocycles. The third kappa shape index (κ3) is 4.20. The predicted molar refractivity (Wildman–Crippen MR) is 124 cm³/mol. The number of para-hydroxylation sites is 1. The summed E-state index contributed by atoms with van der Waals surface area (Å²) in [6.45, 7) is 3.10. The van der Waals surface area contributed by atoms with Crippen molar-refractivity contribution < 1.29 is 9.59 Å². The Kier molecular flexibility index (Phi) is 5.79. The molecule has 0 atom stereocenters. The molecule has 2 saturated heterocycles. The summed E-state index contributed by atoms with van der Waals surface area (Å²) >= 11 is 0. The van der Waals surface area contributed by atoms with Crippen molar-refractivity contribution >= 4 is 23.1 Å². The zero-order valence-electron chi connectivity index (χ0n) is 18.2. The number of benzene rings is 1. The van der Waals surface area contributed by atoms with Crippen molar-refractivity contribution in [3.8, 4) is 0 Å². The SMILES string of the molecule is O=C(Nc1ccccc1)N1CCC(c2ccn3ncc(C(=O)N4CCCCC4)c3c2)CC1. The van der Waals surface area contributed by atoms with Gasteiger partial charge in [0, 0.05) is 38.1 Å². The number of amides is 3. The number of carbonyl (C=O) groups is 2. The number of urea groups is 1. The van der Waals surface area contributed by atoms with Crippen molar-refractivity contribution in [3.05, 3.63) is 66.0 Å².